The standard InChI is InChI=1S/C24H23N3O6/c1-24-20-14(13-7-5-6-8-16(13)25-20)9-10-26(24)23(30)27(22(24)29)17-12-19(32-3)18(31-2)11-15(17)21(28)33-4/h5-8,11-12,25H,9-10H2,1-4H3. The van der Waals surface area contributed by atoms with Gasteiger partial charge in [-0.15, -0.1) is 0 Å². The van der Waals surface area contributed by atoms with Gasteiger partial charge in [-0.25, -0.2) is 14.5 Å². The Morgan fingerprint density at radius 2 is 1.76 bits per heavy atom. The maximum atomic E-state index is 13.9. The van der Waals surface area contributed by atoms with Gasteiger partial charge in [-0.1, -0.05) is 18.2 Å². The van der Waals surface area contributed by atoms with Crippen LogP contribution in [0.4, 0.5) is 10.5 Å². The molecule has 2 aliphatic heterocycles. The molecular formula is C24H23N3O6. The summed E-state index contributed by atoms with van der Waals surface area (Å²) in [5.74, 6) is -0.602. The van der Waals surface area contributed by atoms with Gasteiger partial charge in [-0.3, -0.25) is 4.79 Å². The Kier molecular flexibility index (Phi) is 4.59. The van der Waals surface area contributed by atoms with Gasteiger partial charge in [-0.2, -0.15) is 0 Å². The van der Waals surface area contributed by atoms with E-state index in [4.69, 9.17) is 14.2 Å². The van der Waals surface area contributed by atoms with Crippen LogP contribution in [-0.2, 0) is 21.5 Å². The van der Waals surface area contributed by atoms with Crippen molar-refractivity contribution in [3.63, 3.8) is 0 Å². The minimum Gasteiger partial charge on any atom is -0.493 e. The number of carbonyl (C=O) groups is 3. The number of H-pyrrole nitrogens is 1. The van der Waals surface area contributed by atoms with Gasteiger partial charge in [0.05, 0.1) is 38.3 Å². The van der Waals surface area contributed by atoms with Gasteiger partial charge >= 0.3 is 12.0 Å². The van der Waals surface area contributed by atoms with Crippen molar-refractivity contribution in [2.75, 3.05) is 32.8 Å². The molecule has 3 heterocycles. The lowest BCUT2D eigenvalue weighted by Crippen LogP contribution is -2.49. The number of aromatic nitrogens is 1. The summed E-state index contributed by atoms with van der Waals surface area (Å²) in [4.78, 5) is 46.1. The van der Waals surface area contributed by atoms with Crippen LogP contribution in [0, 0.1) is 0 Å². The number of aromatic amines is 1. The molecule has 3 aromatic rings. The zero-order valence-electron chi connectivity index (χ0n) is 18.7. The van der Waals surface area contributed by atoms with Gasteiger partial charge in [0.2, 0.25) is 0 Å². The number of esters is 1. The van der Waals surface area contributed by atoms with E-state index < -0.39 is 23.4 Å². The van der Waals surface area contributed by atoms with E-state index in [1.807, 2.05) is 24.3 Å². The number of ether oxygens (including phenoxy) is 3. The molecule has 0 spiro atoms. The Morgan fingerprint density at radius 3 is 2.45 bits per heavy atom. The van der Waals surface area contributed by atoms with Crippen LogP contribution in [0.1, 0.15) is 28.5 Å². The molecule has 1 N–H and O–H groups in total. The van der Waals surface area contributed by atoms with Crippen LogP contribution in [0.5, 0.6) is 11.5 Å². The van der Waals surface area contributed by atoms with Crippen molar-refractivity contribution in [1.82, 2.24) is 9.88 Å². The third kappa shape index (κ3) is 2.68. The van der Waals surface area contributed by atoms with Crippen molar-refractivity contribution in [2.24, 2.45) is 0 Å². The lowest BCUT2D eigenvalue weighted by atomic mass is 9.87. The lowest BCUT2D eigenvalue weighted by molar-refractivity contribution is -0.125. The molecule has 0 radical (unpaired) electrons. The summed E-state index contributed by atoms with van der Waals surface area (Å²) in [5, 5.41) is 1.04. The molecule has 0 bridgehead atoms. The second-order valence-corrected chi connectivity index (χ2v) is 8.14. The summed E-state index contributed by atoms with van der Waals surface area (Å²) < 4.78 is 15.6. The number of anilines is 1. The molecule has 5 rings (SSSR count). The quantitative estimate of drug-likeness (QED) is 0.485. The van der Waals surface area contributed by atoms with E-state index in [0.29, 0.717) is 18.7 Å². The van der Waals surface area contributed by atoms with Crippen LogP contribution >= 0.6 is 0 Å². The largest absolute Gasteiger partial charge is 0.493 e. The first-order chi connectivity index (χ1) is 15.9. The minimum absolute atomic E-state index is 0.0252. The highest BCUT2D eigenvalue weighted by Crippen LogP contribution is 2.47. The summed E-state index contributed by atoms with van der Waals surface area (Å²) in [7, 11) is 4.11. The van der Waals surface area contributed by atoms with E-state index in [1.165, 1.54) is 33.5 Å². The van der Waals surface area contributed by atoms with Crippen molar-refractivity contribution in [3.05, 3.63) is 53.2 Å². The zero-order chi connectivity index (χ0) is 23.5. The number of imide groups is 1. The van der Waals surface area contributed by atoms with Gasteiger partial charge in [0.15, 0.2) is 17.0 Å². The minimum atomic E-state index is -1.25. The second-order valence-electron chi connectivity index (χ2n) is 8.14. The number of methoxy groups -OCH3 is 3. The number of hydrogen-bond donors (Lipinski definition) is 1. The number of hydrogen-bond acceptors (Lipinski definition) is 6. The predicted octanol–water partition coefficient (Wildman–Crippen LogP) is 3.21. The van der Waals surface area contributed by atoms with Gasteiger partial charge in [0, 0.05) is 29.6 Å². The third-order valence-electron chi connectivity index (χ3n) is 6.62. The van der Waals surface area contributed by atoms with Gasteiger partial charge in [0.1, 0.15) is 0 Å². The monoisotopic (exact) mass is 449 g/mol. The lowest BCUT2D eigenvalue weighted by Gasteiger charge is -2.35. The number of nitrogens with one attached hydrogen (secondary N) is 1. The molecule has 2 aliphatic rings. The van der Waals surface area contributed by atoms with E-state index in [-0.39, 0.29) is 22.7 Å². The number of carbonyl (C=O) groups excluding carboxylic acids is 3. The van der Waals surface area contributed by atoms with Gasteiger partial charge in [-0.05, 0) is 25.0 Å². The van der Waals surface area contributed by atoms with Crippen LogP contribution in [0.2, 0.25) is 0 Å². The molecule has 1 saturated heterocycles. The van der Waals surface area contributed by atoms with Crippen LogP contribution in [0.25, 0.3) is 10.9 Å². The van der Waals surface area contributed by atoms with Crippen LogP contribution in [-0.4, -0.2) is 55.7 Å². The smallest absolute Gasteiger partial charge is 0.340 e. The zero-order valence-corrected chi connectivity index (χ0v) is 18.7. The van der Waals surface area contributed by atoms with Crippen molar-refractivity contribution in [3.8, 4) is 11.5 Å². The van der Waals surface area contributed by atoms with E-state index in [0.717, 1.165) is 21.4 Å². The molecule has 1 atom stereocenters. The highest BCUT2D eigenvalue weighted by atomic mass is 16.5. The Morgan fingerprint density at radius 1 is 1.06 bits per heavy atom. The number of nitrogens with zero attached hydrogens (tertiary/aromatic N) is 2. The molecule has 0 aliphatic carbocycles. The molecule has 1 fully saturated rings. The normalized spacial score (nSPS) is 19.5. The third-order valence-corrected chi connectivity index (χ3v) is 6.62. The number of para-hydroxylation sites is 1. The number of amides is 3. The van der Waals surface area contributed by atoms with Crippen LogP contribution in [0.15, 0.2) is 36.4 Å². The number of rotatable bonds is 4. The first kappa shape index (κ1) is 20.9. The first-order valence-corrected chi connectivity index (χ1v) is 10.5. The van der Waals surface area contributed by atoms with Crippen molar-refractivity contribution >= 4 is 34.5 Å². The Balaban J connectivity index is 1.70. The Bertz CT molecular complexity index is 1330. The van der Waals surface area contributed by atoms with Crippen molar-refractivity contribution in [1.29, 1.82) is 0 Å². The second kappa shape index (κ2) is 7.26. The maximum Gasteiger partial charge on any atom is 0.340 e. The Labute approximate surface area is 189 Å². The number of benzene rings is 2. The number of fused-ring (bicyclic) bond motifs is 5. The van der Waals surface area contributed by atoms with Gasteiger partial charge in [0.25, 0.3) is 5.91 Å². The molecule has 33 heavy (non-hydrogen) atoms. The summed E-state index contributed by atoms with van der Waals surface area (Å²) in [5.41, 5.74) is 1.49. The highest BCUT2D eigenvalue weighted by molar-refractivity contribution is 6.25. The van der Waals surface area contributed by atoms with Crippen LogP contribution in [0.3, 0.4) is 0 Å². The summed E-state index contributed by atoms with van der Waals surface area (Å²) in [6, 6.07) is 10.2. The molecule has 9 heteroatoms. The fraction of sp³-hybridized carbons (Fsp3) is 0.292. The summed E-state index contributed by atoms with van der Waals surface area (Å²) in [6.07, 6.45) is 0.609. The maximum absolute atomic E-state index is 13.9. The fourth-order valence-corrected chi connectivity index (χ4v) is 4.93. The van der Waals surface area contributed by atoms with E-state index in [2.05, 4.69) is 4.98 Å². The Hall–Kier alpha value is -4.01. The molecule has 3 amide bonds. The summed E-state index contributed by atoms with van der Waals surface area (Å²) >= 11 is 0. The molecule has 1 unspecified atom stereocenters. The molecule has 9 nitrogen and oxygen atoms in total. The molecular weight excluding hydrogens is 426 g/mol. The predicted molar refractivity (Wildman–Crippen MR) is 120 cm³/mol. The first-order valence-electron chi connectivity index (χ1n) is 10.5. The van der Waals surface area contributed by atoms with Crippen LogP contribution < -0.4 is 14.4 Å². The molecule has 0 saturated carbocycles. The van der Waals surface area contributed by atoms with Crippen molar-refractivity contribution < 1.29 is 28.6 Å². The van der Waals surface area contributed by atoms with E-state index in [9.17, 15) is 14.4 Å². The molecule has 170 valence electrons. The SMILES string of the molecule is COC(=O)c1cc(OC)c(OC)cc1N1C(=O)N2CCc3c([nH]c4ccccc34)C2(C)C1=O. The van der Waals surface area contributed by atoms with E-state index in [1.54, 1.807) is 11.8 Å². The molecule has 2 aromatic carbocycles. The molecule has 1 aromatic heterocycles. The van der Waals surface area contributed by atoms with E-state index >= 15 is 0 Å². The summed E-state index contributed by atoms with van der Waals surface area (Å²) in [6.45, 7) is 2.10. The topological polar surface area (TPSA) is 101 Å². The highest BCUT2D eigenvalue weighted by Gasteiger charge is 2.59. The number of urea groups is 1. The average molecular weight is 449 g/mol. The fourth-order valence-electron chi connectivity index (χ4n) is 4.93. The average Bonchev–Trinajstić information content (AvgIpc) is 3.31. The van der Waals surface area contributed by atoms with Gasteiger partial charge < -0.3 is 24.1 Å². The van der Waals surface area contributed by atoms with Crippen molar-refractivity contribution in [2.45, 2.75) is 18.9 Å².